The van der Waals surface area contributed by atoms with E-state index in [4.69, 9.17) is 5.26 Å². The van der Waals surface area contributed by atoms with Crippen LogP contribution in [0.15, 0.2) is 18.2 Å². The SMILES string of the molecule is N#Cc1ccc(F)c(CN2C(=O)CNC2=O)c1. The first kappa shape index (κ1) is 11.1. The molecule has 86 valence electrons. The summed E-state index contributed by atoms with van der Waals surface area (Å²) in [6, 6.07) is 5.14. The molecule has 1 heterocycles. The van der Waals surface area contributed by atoms with Crippen LogP contribution < -0.4 is 5.32 Å². The van der Waals surface area contributed by atoms with Crippen LogP contribution in [0.25, 0.3) is 0 Å². The first-order valence-corrected chi connectivity index (χ1v) is 4.88. The number of nitrogens with zero attached hydrogens (tertiary/aromatic N) is 2. The van der Waals surface area contributed by atoms with E-state index < -0.39 is 17.8 Å². The maximum absolute atomic E-state index is 13.4. The van der Waals surface area contributed by atoms with Crippen LogP contribution in [-0.4, -0.2) is 23.4 Å². The zero-order chi connectivity index (χ0) is 12.4. The van der Waals surface area contributed by atoms with Gasteiger partial charge in [-0.2, -0.15) is 5.26 Å². The minimum Gasteiger partial charge on any atom is -0.329 e. The summed E-state index contributed by atoms with van der Waals surface area (Å²) in [6.45, 7) is -0.232. The molecule has 1 aromatic rings. The van der Waals surface area contributed by atoms with E-state index in [2.05, 4.69) is 5.32 Å². The average Bonchev–Trinajstić information content (AvgIpc) is 2.63. The van der Waals surface area contributed by atoms with Gasteiger partial charge in [0.1, 0.15) is 5.82 Å². The maximum Gasteiger partial charge on any atom is 0.324 e. The van der Waals surface area contributed by atoms with Crippen LogP contribution >= 0.6 is 0 Å². The third-order valence-corrected chi connectivity index (χ3v) is 2.44. The van der Waals surface area contributed by atoms with Gasteiger partial charge in [-0.25, -0.2) is 9.18 Å². The van der Waals surface area contributed by atoms with Gasteiger partial charge in [-0.05, 0) is 18.2 Å². The van der Waals surface area contributed by atoms with E-state index in [1.807, 2.05) is 6.07 Å². The molecule has 6 heteroatoms. The number of imide groups is 1. The molecule has 1 aliphatic rings. The molecule has 1 aromatic carbocycles. The van der Waals surface area contributed by atoms with E-state index in [9.17, 15) is 14.0 Å². The number of carbonyl (C=O) groups is 2. The van der Waals surface area contributed by atoms with Gasteiger partial charge in [0.15, 0.2) is 0 Å². The molecule has 0 spiro atoms. The Labute approximate surface area is 96.4 Å². The highest BCUT2D eigenvalue weighted by molar-refractivity contribution is 6.01. The number of urea groups is 1. The van der Waals surface area contributed by atoms with Crippen molar-refractivity contribution in [2.45, 2.75) is 6.54 Å². The molecule has 0 unspecified atom stereocenters. The van der Waals surface area contributed by atoms with Crippen molar-refractivity contribution in [1.29, 1.82) is 5.26 Å². The van der Waals surface area contributed by atoms with Crippen molar-refractivity contribution in [3.63, 3.8) is 0 Å². The van der Waals surface area contributed by atoms with Crippen LogP contribution in [0.3, 0.4) is 0 Å². The van der Waals surface area contributed by atoms with Crippen LogP contribution in [-0.2, 0) is 11.3 Å². The fourth-order valence-electron chi connectivity index (χ4n) is 1.55. The van der Waals surface area contributed by atoms with Gasteiger partial charge in [0.05, 0.1) is 24.7 Å². The summed E-state index contributed by atoms with van der Waals surface area (Å²) in [5.41, 5.74) is 0.433. The maximum atomic E-state index is 13.4. The Hall–Kier alpha value is -2.42. The molecule has 1 N–H and O–H groups in total. The smallest absolute Gasteiger partial charge is 0.324 e. The molecular weight excluding hydrogens is 225 g/mol. The normalized spacial score (nSPS) is 14.7. The second-order valence-corrected chi connectivity index (χ2v) is 3.56. The molecule has 2 rings (SSSR count). The molecule has 17 heavy (non-hydrogen) atoms. The molecule has 0 atom stereocenters. The number of halogens is 1. The number of amides is 3. The molecule has 0 bridgehead atoms. The number of rotatable bonds is 2. The molecule has 5 nitrogen and oxygen atoms in total. The van der Waals surface area contributed by atoms with Gasteiger partial charge in [-0.1, -0.05) is 0 Å². The fourth-order valence-corrected chi connectivity index (χ4v) is 1.55. The van der Waals surface area contributed by atoms with Crippen LogP contribution in [0.1, 0.15) is 11.1 Å². The predicted octanol–water partition coefficient (Wildman–Crippen LogP) is 0.749. The third kappa shape index (κ3) is 2.08. The summed E-state index contributed by atoms with van der Waals surface area (Å²) in [6.07, 6.45) is 0. The van der Waals surface area contributed by atoms with Gasteiger partial charge in [0, 0.05) is 5.56 Å². The first-order valence-electron chi connectivity index (χ1n) is 4.88. The van der Waals surface area contributed by atoms with Crippen molar-refractivity contribution in [1.82, 2.24) is 10.2 Å². The summed E-state index contributed by atoms with van der Waals surface area (Å²) in [7, 11) is 0. The van der Waals surface area contributed by atoms with Gasteiger partial charge in [-0.15, -0.1) is 0 Å². The molecule has 1 saturated heterocycles. The van der Waals surface area contributed by atoms with Crippen LogP contribution in [0, 0.1) is 17.1 Å². The third-order valence-electron chi connectivity index (χ3n) is 2.44. The number of nitriles is 1. The van der Waals surface area contributed by atoms with E-state index in [1.165, 1.54) is 12.1 Å². The zero-order valence-electron chi connectivity index (χ0n) is 8.74. The van der Waals surface area contributed by atoms with E-state index in [1.54, 1.807) is 0 Å². The summed E-state index contributed by atoms with van der Waals surface area (Å²) in [4.78, 5) is 23.5. The molecular formula is C11H8FN3O2. The molecule has 0 radical (unpaired) electrons. The minimum atomic E-state index is -0.545. The van der Waals surface area contributed by atoms with Gasteiger partial charge >= 0.3 is 6.03 Å². The lowest BCUT2D eigenvalue weighted by molar-refractivity contribution is -0.125. The Bertz CT molecular complexity index is 520. The lowest BCUT2D eigenvalue weighted by Crippen LogP contribution is -2.30. The lowest BCUT2D eigenvalue weighted by Gasteiger charge is -2.12. The quantitative estimate of drug-likeness (QED) is 0.766. The molecule has 0 saturated carbocycles. The minimum absolute atomic E-state index is 0.0710. The van der Waals surface area contributed by atoms with Gasteiger partial charge < -0.3 is 5.32 Å². The van der Waals surface area contributed by atoms with Gasteiger partial charge in [0.2, 0.25) is 5.91 Å². The van der Waals surface area contributed by atoms with Crippen molar-refractivity contribution in [2.75, 3.05) is 6.54 Å². The van der Waals surface area contributed by atoms with E-state index in [-0.39, 0.29) is 24.2 Å². The average molecular weight is 233 g/mol. The van der Waals surface area contributed by atoms with E-state index in [0.29, 0.717) is 0 Å². The second kappa shape index (κ2) is 4.22. The Morgan fingerprint density at radius 3 is 2.82 bits per heavy atom. The largest absolute Gasteiger partial charge is 0.329 e. The highest BCUT2D eigenvalue weighted by atomic mass is 19.1. The summed E-state index contributed by atoms with van der Waals surface area (Å²) >= 11 is 0. The van der Waals surface area contributed by atoms with Crippen LogP contribution in [0.5, 0.6) is 0 Å². The van der Waals surface area contributed by atoms with Crippen molar-refractivity contribution < 1.29 is 14.0 Å². The van der Waals surface area contributed by atoms with Crippen molar-refractivity contribution in [3.8, 4) is 6.07 Å². The van der Waals surface area contributed by atoms with Gasteiger partial charge in [-0.3, -0.25) is 9.69 Å². The Balaban J connectivity index is 2.27. The monoisotopic (exact) mass is 233 g/mol. The number of benzene rings is 1. The van der Waals surface area contributed by atoms with Crippen LogP contribution in [0.2, 0.25) is 0 Å². The van der Waals surface area contributed by atoms with E-state index >= 15 is 0 Å². The number of hydrogen-bond acceptors (Lipinski definition) is 3. The Morgan fingerprint density at radius 1 is 1.47 bits per heavy atom. The highest BCUT2D eigenvalue weighted by Gasteiger charge is 2.29. The lowest BCUT2D eigenvalue weighted by atomic mass is 10.1. The fraction of sp³-hybridized carbons (Fsp3) is 0.182. The summed E-state index contributed by atoms with van der Waals surface area (Å²) in [5.74, 6) is -0.951. The van der Waals surface area contributed by atoms with Crippen molar-refractivity contribution in [2.24, 2.45) is 0 Å². The number of hydrogen-bond donors (Lipinski definition) is 1. The molecule has 3 amide bonds. The zero-order valence-corrected chi connectivity index (χ0v) is 8.74. The van der Waals surface area contributed by atoms with Crippen molar-refractivity contribution in [3.05, 3.63) is 35.1 Å². The molecule has 1 aliphatic heterocycles. The van der Waals surface area contributed by atoms with Crippen LogP contribution in [0.4, 0.5) is 9.18 Å². The van der Waals surface area contributed by atoms with E-state index in [0.717, 1.165) is 11.0 Å². The molecule has 0 aliphatic carbocycles. The number of carbonyl (C=O) groups excluding carboxylic acids is 2. The molecule has 0 aromatic heterocycles. The Kier molecular flexibility index (Phi) is 2.75. The molecule has 1 fully saturated rings. The first-order chi connectivity index (χ1) is 8.11. The topological polar surface area (TPSA) is 73.2 Å². The number of nitrogens with one attached hydrogen (secondary N) is 1. The second-order valence-electron chi connectivity index (χ2n) is 3.56. The summed E-state index contributed by atoms with van der Waals surface area (Å²) in [5, 5.41) is 11.0. The van der Waals surface area contributed by atoms with Gasteiger partial charge in [0.25, 0.3) is 0 Å². The Morgan fingerprint density at radius 2 is 2.24 bits per heavy atom. The highest BCUT2D eigenvalue weighted by Crippen LogP contribution is 2.14. The van der Waals surface area contributed by atoms with Crippen molar-refractivity contribution >= 4 is 11.9 Å². The standard InChI is InChI=1S/C11H8FN3O2/c12-9-2-1-7(4-13)3-8(9)6-15-10(16)5-14-11(15)17/h1-3H,5-6H2,(H,14,17). The summed E-state index contributed by atoms with van der Waals surface area (Å²) < 4.78 is 13.4. The predicted molar refractivity (Wildman–Crippen MR) is 55.1 cm³/mol.